The first-order chi connectivity index (χ1) is 16.1. The summed E-state index contributed by atoms with van der Waals surface area (Å²) in [5, 5.41) is 16.8. The molecule has 0 saturated heterocycles. The number of nitrogens with zero attached hydrogens (tertiary/aromatic N) is 5. The minimum Gasteiger partial charge on any atom is -0.506 e. The van der Waals surface area contributed by atoms with E-state index in [1.807, 2.05) is 24.3 Å². The molecule has 1 N–H and O–H groups in total. The molecule has 10 heteroatoms. The molecule has 0 atom stereocenters. The molecule has 170 valence electrons. The number of hydrogen-bond acceptors (Lipinski definition) is 7. The molecule has 8 nitrogen and oxygen atoms in total. The summed E-state index contributed by atoms with van der Waals surface area (Å²) >= 11 is 5.09. The van der Waals surface area contributed by atoms with Crippen LogP contribution < -0.4 is 0 Å². The molecule has 33 heavy (non-hydrogen) atoms. The first-order valence-corrected chi connectivity index (χ1v) is 12.5. The Morgan fingerprint density at radius 2 is 2.21 bits per heavy atom. The number of esters is 1. The summed E-state index contributed by atoms with van der Waals surface area (Å²) in [5.74, 6) is 0.248. The largest absolute Gasteiger partial charge is 0.506 e. The van der Waals surface area contributed by atoms with E-state index in [1.54, 1.807) is 35.9 Å². The number of ether oxygens (including phenoxy) is 1. The molecule has 0 aliphatic heterocycles. The summed E-state index contributed by atoms with van der Waals surface area (Å²) in [5.41, 5.74) is 2.90. The number of aromatic nitrogens is 5. The number of carbonyl (C=O) groups is 1. The molecule has 0 spiro atoms. The van der Waals surface area contributed by atoms with Gasteiger partial charge in [-0.15, -0.1) is 11.8 Å². The van der Waals surface area contributed by atoms with Gasteiger partial charge in [-0.2, -0.15) is 5.10 Å². The fourth-order valence-corrected chi connectivity index (χ4v) is 5.41. The standard InChI is InChI=1S/C23H22BrN5O3S/c1-2-32-23(31)21-18(11-33-19-5-3-4-8-26-19)29(14-6-7-14)17-9-16(24)22(30)15(20(17)21)10-28-13-25-12-27-28/h3-5,8-9,12-14,30H,2,6-7,10-11H2,1H3. The van der Waals surface area contributed by atoms with Crippen molar-refractivity contribution >= 4 is 44.6 Å². The van der Waals surface area contributed by atoms with Crippen molar-refractivity contribution in [2.45, 2.75) is 43.1 Å². The van der Waals surface area contributed by atoms with E-state index in [0.29, 0.717) is 32.8 Å². The van der Waals surface area contributed by atoms with Crippen LogP contribution in [-0.2, 0) is 17.0 Å². The minimum absolute atomic E-state index is 0.0837. The Labute approximate surface area is 203 Å². The number of halogens is 1. The van der Waals surface area contributed by atoms with Gasteiger partial charge in [0.1, 0.15) is 18.4 Å². The zero-order chi connectivity index (χ0) is 22.9. The lowest BCUT2D eigenvalue weighted by Crippen LogP contribution is -2.10. The molecule has 1 fully saturated rings. The average Bonchev–Trinajstić information content (AvgIpc) is 3.41. The first-order valence-electron chi connectivity index (χ1n) is 10.7. The molecule has 1 aliphatic rings. The van der Waals surface area contributed by atoms with Crippen molar-refractivity contribution in [2.24, 2.45) is 0 Å². The SMILES string of the molecule is CCOC(=O)c1c(CSc2ccccn2)n(C2CC2)c2cc(Br)c(O)c(Cn3cncn3)c12. The summed E-state index contributed by atoms with van der Waals surface area (Å²) in [6, 6.07) is 7.99. The van der Waals surface area contributed by atoms with E-state index in [0.717, 1.165) is 29.1 Å². The van der Waals surface area contributed by atoms with Crippen LogP contribution in [0.15, 0.2) is 52.6 Å². The van der Waals surface area contributed by atoms with Crippen LogP contribution in [0.25, 0.3) is 10.9 Å². The van der Waals surface area contributed by atoms with Crippen LogP contribution in [0.2, 0.25) is 0 Å². The molecule has 0 bridgehead atoms. The molecular formula is C23H22BrN5O3S. The highest BCUT2D eigenvalue weighted by Crippen LogP contribution is 2.47. The molecule has 1 saturated carbocycles. The molecule has 3 aromatic heterocycles. The van der Waals surface area contributed by atoms with Gasteiger partial charge in [0.15, 0.2) is 0 Å². The predicted molar refractivity (Wildman–Crippen MR) is 128 cm³/mol. The smallest absolute Gasteiger partial charge is 0.340 e. The van der Waals surface area contributed by atoms with Crippen molar-refractivity contribution in [2.75, 3.05) is 6.61 Å². The van der Waals surface area contributed by atoms with Crippen LogP contribution in [0.1, 0.15) is 47.4 Å². The molecule has 4 aromatic rings. The number of rotatable bonds is 8. The normalized spacial score (nSPS) is 13.5. The second-order valence-electron chi connectivity index (χ2n) is 7.77. The molecule has 1 aliphatic carbocycles. The van der Waals surface area contributed by atoms with Gasteiger partial charge in [-0.05, 0) is 53.9 Å². The zero-order valence-electron chi connectivity index (χ0n) is 17.9. The molecule has 1 aromatic carbocycles. The Morgan fingerprint density at radius 1 is 1.36 bits per heavy atom. The molecule has 3 heterocycles. The molecule has 0 unspecified atom stereocenters. The van der Waals surface area contributed by atoms with Crippen molar-refractivity contribution in [3.8, 4) is 5.75 Å². The van der Waals surface area contributed by atoms with Gasteiger partial charge in [0.05, 0.1) is 33.7 Å². The Bertz CT molecular complexity index is 1300. The highest BCUT2D eigenvalue weighted by atomic mass is 79.9. The Morgan fingerprint density at radius 3 is 2.88 bits per heavy atom. The van der Waals surface area contributed by atoms with Gasteiger partial charge in [0.2, 0.25) is 0 Å². The molecular weight excluding hydrogens is 506 g/mol. The quantitative estimate of drug-likeness (QED) is 0.256. The van der Waals surface area contributed by atoms with Gasteiger partial charge >= 0.3 is 5.97 Å². The van der Waals surface area contributed by atoms with Crippen molar-refractivity contribution in [3.63, 3.8) is 0 Å². The zero-order valence-corrected chi connectivity index (χ0v) is 20.3. The summed E-state index contributed by atoms with van der Waals surface area (Å²) in [6.45, 7) is 2.34. The number of hydrogen-bond donors (Lipinski definition) is 1. The number of fused-ring (bicyclic) bond motifs is 1. The van der Waals surface area contributed by atoms with Gasteiger partial charge in [0.25, 0.3) is 0 Å². The van der Waals surface area contributed by atoms with Crippen molar-refractivity contribution in [1.82, 2.24) is 24.3 Å². The summed E-state index contributed by atoms with van der Waals surface area (Å²) in [4.78, 5) is 21.7. The third kappa shape index (κ3) is 4.24. The van der Waals surface area contributed by atoms with Crippen molar-refractivity contribution in [3.05, 3.63) is 64.4 Å². The number of phenolic OH excluding ortho intramolecular Hbond substituents is 1. The summed E-state index contributed by atoms with van der Waals surface area (Å²) in [7, 11) is 0. The predicted octanol–water partition coefficient (Wildman–Crippen LogP) is 4.95. The number of carbonyl (C=O) groups excluding carboxylic acids is 1. The van der Waals surface area contributed by atoms with Crippen molar-refractivity contribution in [1.29, 1.82) is 0 Å². The van der Waals surface area contributed by atoms with E-state index < -0.39 is 0 Å². The van der Waals surface area contributed by atoms with E-state index in [1.165, 1.54) is 6.33 Å². The van der Waals surface area contributed by atoms with Crippen LogP contribution in [0.5, 0.6) is 5.75 Å². The second kappa shape index (κ2) is 9.18. The Balaban J connectivity index is 1.74. The molecule has 5 rings (SSSR count). The number of aromatic hydroxyl groups is 1. The van der Waals surface area contributed by atoms with Crippen LogP contribution >= 0.6 is 27.7 Å². The summed E-state index contributed by atoms with van der Waals surface area (Å²) in [6.07, 6.45) is 6.89. The molecule has 0 radical (unpaired) electrons. The van der Waals surface area contributed by atoms with E-state index in [2.05, 4.69) is 35.6 Å². The maximum Gasteiger partial charge on any atom is 0.340 e. The molecule has 0 amide bonds. The van der Waals surface area contributed by atoms with Crippen LogP contribution in [-0.4, -0.2) is 42.0 Å². The highest BCUT2D eigenvalue weighted by molar-refractivity contribution is 9.10. The fourth-order valence-electron chi connectivity index (χ4n) is 4.08. The van der Waals surface area contributed by atoms with Gasteiger partial charge in [0, 0.05) is 34.6 Å². The lowest BCUT2D eigenvalue weighted by Gasteiger charge is -2.12. The third-order valence-corrected chi connectivity index (χ3v) is 7.15. The topological polar surface area (TPSA) is 95.1 Å². The Kier molecular flexibility index (Phi) is 6.11. The maximum atomic E-state index is 13.3. The first kappa shape index (κ1) is 22.0. The van der Waals surface area contributed by atoms with E-state index in [4.69, 9.17) is 4.74 Å². The van der Waals surface area contributed by atoms with Gasteiger partial charge in [-0.25, -0.2) is 19.4 Å². The Hall–Kier alpha value is -2.85. The van der Waals surface area contributed by atoms with Gasteiger partial charge in [-0.3, -0.25) is 0 Å². The summed E-state index contributed by atoms with van der Waals surface area (Å²) < 4.78 is 9.94. The van der Waals surface area contributed by atoms with Crippen LogP contribution in [0.3, 0.4) is 0 Å². The van der Waals surface area contributed by atoms with E-state index >= 15 is 0 Å². The van der Waals surface area contributed by atoms with Crippen LogP contribution in [0.4, 0.5) is 0 Å². The number of phenols is 1. The average molecular weight is 528 g/mol. The monoisotopic (exact) mass is 527 g/mol. The van der Waals surface area contributed by atoms with E-state index in [9.17, 15) is 9.90 Å². The second-order valence-corrected chi connectivity index (χ2v) is 9.62. The van der Waals surface area contributed by atoms with Gasteiger partial charge in [-0.1, -0.05) is 6.07 Å². The van der Waals surface area contributed by atoms with Gasteiger partial charge < -0.3 is 14.4 Å². The number of benzene rings is 1. The highest BCUT2D eigenvalue weighted by Gasteiger charge is 2.34. The fraction of sp³-hybridized carbons (Fsp3) is 0.304. The lowest BCUT2D eigenvalue weighted by molar-refractivity contribution is 0.0527. The minimum atomic E-state index is -0.389. The van der Waals surface area contributed by atoms with Crippen molar-refractivity contribution < 1.29 is 14.6 Å². The maximum absolute atomic E-state index is 13.3. The lowest BCUT2D eigenvalue weighted by atomic mass is 10.0. The number of pyridine rings is 1. The third-order valence-electron chi connectivity index (χ3n) is 5.60. The number of thioether (sulfide) groups is 1. The van der Waals surface area contributed by atoms with Crippen LogP contribution in [0, 0.1) is 0 Å². The van der Waals surface area contributed by atoms with E-state index in [-0.39, 0.29) is 24.9 Å².